The average Bonchev–Trinajstić information content (AvgIpc) is 2.25. The maximum Gasteiger partial charge on any atom is 0.0618 e. The minimum Gasteiger partial charge on any atom is -0.397 e. The molecule has 16 heavy (non-hydrogen) atoms. The van der Waals surface area contributed by atoms with Gasteiger partial charge in [0.05, 0.1) is 21.4 Å². The Morgan fingerprint density at radius 2 is 2.06 bits per heavy atom. The van der Waals surface area contributed by atoms with Gasteiger partial charge < -0.3 is 10.6 Å². The lowest BCUT2D eigenvalue weighted by Gasteiger charge is -2.35. The van der Waals surface area contributed by atoms with Gasteiger partial charge in [-0.05, 0) is 19.1 Å². The number of nitrogen functional groups attached to an aromatic ring is 1. The topological polar surface area (TPSA) is 29.3 Å². The molecule has 0 bridgehead atoms. The zero-order valence-electron chi connectivity index (χ0n) is 9.04. The fourth-order valence-corrected chi connectivity index (χ4v) is 3.23. The molecule has 0 saturated carbocycles. The standard InChI is InChI=1S/C11H14Cl2N2S/c1-7-6-16-3-2-15(7)11-5-9(13)8(12)4-10(11)14/h4-5,7H,2-3,6,14H2,1H3. The van der Waals surface area contributed by atoms with Crippen molar-refractivity contribution in [2.24, 2.45) is 0 Å². The van der Waals surface area contributed by atoms with Crippen molar-refractivity contribution < 1.29 is 0 Å². The van der Waals surface area contributed by atoms with E-state index < -0.39 is 0 Å². The molecule has 88 valence electrons. The molecule has 1 atom stereocenters. The van der Waals surface area contributed by atoms with Crippen LogP contribution in [0.25, 0.3) is 0 Å². The Bertz CT molecular complexity index is 398. The largest absolute Gasteiger partial charge is 0.397 e. The van der Waals surface area contributed by atoms with Crippen LogP contribution in [-0.4, -0.2) is 24.1 Å². The molecule has 1 aromatic rings. The van der Waals surface area contributed by atoms with Gasteiger partial charge in [-0.25, -0.2) is 0 Å². The highest BCUT2D eigenvalue weighted by molar-refractivity contribution is 7.99. The van der Waals surface area contributed by atoms with Crippen molar-refractivity contribution in [1.29, 1.82) is 0 Å². The summed E-state index contributed by atoms with van der Waals surface area (Å²) in [6.45, 7) is 3.21. The first-order chi connectivity index (χ1) is 7.59. The van der Waals surface area contributed by atoms with E-state index in [1.54, 1.807) is 6.07 Å². The number of anilines is 2. The van der Waals surface area contributed by atoms with E-state index >= 15 is 0 Å². The predicted molar refractivity (Wildman–Crippen MR) is 75.0 cm³/mol. The number of nitrogens with zero attached hydrogens (tertiary/aromatic N) is 1. The van der Waals surface area contributed by atoms with E-state index in [1.807, 2.05) is 17.8 Å². The van der Waals surface area contributed by atoms with Crippen molar-refractivity contribution in [2.75, 3.05) is 28.7 Å². The van der Waals surface area contributed by atoms with E-state index in [4.69, 9.17) is 28.9 Å². The van der Waals surface area contributed by atoms with Crippen molar-refractivity contribution >= 4 is 46.3 Å². The average molecular weight is 277 g/mol. The lowest BCUT2D eigenvalue weighted by atomic mass is 10.2. The van der Waals surface area contributed by atoms with Crippen LogP contribution in [0.1, 0.15) is 6.92 Å². The molecule has 0 amide bonds. The van der Waals surface area contributed by atoms with E-state index in [0.29, 0.717) is 21.8 Å². The highest BCUT2D eigenvalue weighted by Gasteiger charge is 2.21. The molecule has 1 fully saturated rings. The number of hydrogen-bond acceptors (Lipinski definition) is 3. The summed E-state index contributed by atoms with van der Waals surface area (Å²) in [5.74, 6) is 2.25. The summed E-state index contributed by atoms with van der Waals surface area (Å²) >= 11 is 13.9. The summed E-state index contributed by atoms with van der Waals surface area (Å²) < 4.78 is 0. The third-order valence-electron chi connectivity index (χ3n) is 2.75. The van der Waals surface area contributed by atoms with Crippen LogP contribution in [0.3, 0.4) is 0 Å². The molecule has 1 unspecified atom stereocenters. The Morgan fingerprint density at radius 1 is 1.38 bits per heavy atom. The second-order valence-corrected chi connectivity index (χ2v) is 5.91. The first kappa shape index (κ1) is 12.2. The summed E-state index contributed by atoms with van der Waals surface area (Å²) in [7, 11) is 0. The molecule has 0 radical (unpaired) electrons. The van der Waals surface area contributed by atoms with Gasteiger partial charge >= 0.3 is 0 Å². The second-order valence-electron chi connectivity index (χ2n) is 3.94. The number of benzene rings is 1. The molecule has 1 aromatic carbocycles. The van der Waals surface area contributed by atoms with Crippen LogP contribution < -0.4 is 10.6 Å². The van der Waals surface area contributed by atoms with Crippen LogP contribution in [-0.2, 0) is 0 Å². The van der Waals surface area contributed by atoms with Crippen LogP contribution in [0.5, 0.6) is 0 Å². The number of halogens is 2. The van der Waals surface area contributed by atoms with E-state index in [0.717, 1.165) is 23.7 Å². The Hall–Kier alpha value is -0.250. The summed E-state index contributed by atoms with van der Waals surface area (Å²) in [6, 6.07) is 4.08. The lowest BCUT2D eigenvalue weighted by Crippen LogP contribution is -2.40. The Kier molecular flexibility index (Phi) is 3.77. The van der Waals surface area contributed by atoms with Crippen molar-refractivity contribution in [3.63, 3.8) is 0 Å². The Balaban J connectivity index is 2.35. The quantitative estimate of drug-likeness (QED) is 0.796. The number of thioether (sulfide) groups is 1. The van der Waals surface area contributed by atoms with Gasteiger partial charge in [-0.3, -0.25) is 0 Å². The van der Waals surface area contributed by atoms with Crippen LogP contribution in [0.4, 0.5) is 11.4 Å². The molecule has 0 aliphatic carbocycles. The van der Waals surface area contributed by atoms with Gasteiger partial charge in [0.25, 0.3) is 0 Å². The highest BCUT2D eigenvalue weighted by Crippen LogP contribution is 2.35. The third-order valence-corrected chi connectivity index (χ3v) is 4.66. The molecule has 1 saturated heterocycles. The summed E-state index contributed by atoms with van der Waals surface area (Å²) in [4.78, 5) is 2.30. The molecular weight excluding hydrogens is 263 g/mol. The molecule has 1 heterocycles. The zero-order valence-corrected chi connectivity index (χ0v) is 11.4. The monoisotopic (exact) mass is 276 g/mol. The molecule has 0 spiro atoms. The molecule has 5 heteroatoms. The minimum atomic E-state index is 0.485. The molecular formula is C11H14Cl2N2S. The predicted octanol–water partition coefficient (Wildman–Crippen LogP) is 3.52. The van der Waals surface area contributed by atoms with E-state index in [1.165, 1.54) is 0 Å². The number of rotatable bonds is 1. The van der Waals surface area contributed by atoms with Gasteiger partial charge in [0.2, 0.25) is 0 Å². The third kappa shape index (κ3) is 2.36. The lowest BCUT2D eigenvalue weighted by molar-refractivity contribution is 0.701. The van der Waals surface area contributed by atoms with Crippen LogP contribution >= 0.6 is 35.0 Å². The van der Waals surface area contributed by atoms with Crippen molar-refractivity contribution in [3.05, 3.63) is 22.2 Å². The smallest absolute Gasteiger partial charge is 0.0618 e. The number of hydrogen-bond donors (Lipinski definition) is 1. The molecule has 2 nitrogen and oxygen atoms in total. The van der Waals surface area contributed by atoms with Gasteiger partial charge in [-0.15, -0.1) is 0 Å². The first-order valence-electron chi connectivity index (χ1n) is 5.18. The Morgan fingerprint density at radius 3 is 2.75 bits per heavy atom. The SMILES string of the molecule is CC1CSCCN1c1cc(Cl)c(Cl)cc1N. The van der Waals surface area contributed by atoms with E-state index in [9.17, 15) is 0 Å². The minimum absolute atomic E-state index is 0.485. The molecule has 1 aliphatic rings. The molecule has 2 rings (SSSR count). The van der Waals surface area contributed by atoms with Crippen LogP contribution in [0.15, 0.2) is 12.1 Å². The normalized spacial score (nSPS) is 21.2. The van der Waals surface area contributed by atoms with E-state index in [2.05, 4.69) is 11.8 Å². The van der Waals surface area contributed by atoms with Gasteiger partial charge in [0, 0.05) is 24.1 Å². The van der Waals surface area contributed by atoms with Crippen molar-refractivity contribution in [3.8, 4) is 0 Å². The van der Waals surface area contributed by atoms with Gasteiger partial charge in [-0.2, -0.15) is 11.8 Å². The maximum absolute atomic E-state index is 6.03. The van der Waals surface area contributed by atoms with Gasteiger partial charge in [0.1, 0.15) is 0 Å². The maximum atomic E-state index is 6.03. The van der Waals surface area contributed by atoms with Crippen LogP contribution in [0, 0.1) is 0 Å². The highest BCUT2D eigenvalue weighted by atomic mass is 35.5. The van der Waals surface area contributed by atoms with Gasteiger partial charge in [-0.1, -0.05) is 23.2 Å². The zero-order chi connectivity index (χ0) is 11.7. The molecule has 0 aromatic heterocycles. The Labute approximate surface area is 110 Å². The summed E-state index contributed by atoms with van der Waals surface area (Å²) in [5.41, 5.74) is 7.70. The molecule has 1 aliphatic heterocycles. The van der Waals surface area contributed by atoms with Crippen molar-refractivity contribution in [2.45, 2.75) is 13.0 Å². The number of nitrogens with two attached hydrogens (primary N) is 1. The first-order valence-corrected chi connectivity index (χ1v) is 7.09. The summed E-state index contributed by atoms with van der Waals surface area (Å²) in [6.07, 6.45) is 0. The molecule has 2 N–H and O–H groups in total. The second kappa shape index (κ2) is 4.94. The van der Waals surface area contributed by atoms with Gasteiger partial charge in [0.15, 0.2) is 0 Å². The summed E-state index contributed by atoms with van der Waals surface area (Å²) in [5, 5.41) is 1.08. The van der Waals surface area contributed by atoms with E-state index in [-0.39, 0.29) is 0 Å². The fraction of sp³-hybridized carbons (Fsp3) is 0.455. The van der Waals surface area contributed by atoms with Crippen molar-refractivity contribution in [1.82, 2.24) is 0 Å². The van der Waals surface area contributed by atoms with Crippen LogP contribution in [0.2, 0.25) is 10.0 Å². The fourth-order valence-electron chi connectivity index (χ4n) is 1.89.